The van der Waals surface area contributed by atoms with Crippen LogP contribution < -0.4 is 10.9 Å². The molecule has 0 radical (unpaired) electrons. The van der Waals surface area contributed by atoms with Crippen molar-refractivity contribution in [3.8, 4) is 0 Å². The Kier molecular flexibility index (Phi) is 3.22. The Hall–Kier alpha value is -1.13. The van der Waals surface area contributed by atoms with Gasteiger partial charge < -0.3 is 15.4 Å². The van der Waals surface area contributed by atoms with Crippen LogP contribution in [0.25, 0.3) is 0 Å². The maximum absolute atomic E-state index is 11.3. The van der Waals surface area contributed by atoms with E-state index in [-0.39, 0.29) is 17.7 Å². The van der Waals surface area contributed by atoms with Gasteiger partial charge in [-0.15, -0.1) is 0 Å². The minimum Gasteiger partial charge on any atom is -0.392 e. The summed E-state index contributed by atoms with van der Waals surface area (Å²) in [6, 6.07) is 3.80. The smallest absolute Gasteiger partial charge is 0.248 e. The highest BCUT2D eigenvalue weighted by Gasteiger charge is 2.30. The molecule has 4 nitrogen and oxygen atoms in total. The van der Waals surface area contributed by atoms with Crippen LogP contribution in [-0.2, 0) is 6.42 Å². The summed E-state index contributed by atoms with van der Waals surface area (Å²) in [5, 5.41) is 13.3. The van der Waals surface area contributed by atoms with E-state index in [0.29, 0.717) is 12.5 Å². The Morgan fingerprint density at radius 3 is 3.00 bits per heavy atom. The Labute approximate surface area is 106 Å². The van der Waals surface area contributed by atoms with Gasteiger partial charge in [0, 0.05) is 24.3 Å². The summed E-state index contributed by atoms with van der Waals surface area (Å²) < 4.78 is 0. The van der Waals surface area contributed by atoms with Crippen LogP contribution in [0.5, 0.6) is 0 Å². The van der Waals surface area contributed by atoms with Crippen molar-refractivity contribution < 1.29 is 5.11 Å². The normalized spacial score (nSPS) is 24.6. The monoisotopic (exact) mass is 248 g/mol. The largest absolute Gasteiger partial charge is 0.392 e. The van der Waals surface area contributed by atoms with E-state index in [0.717, 1.165) is 37.8 Å². The zero-order valence-electron chi connectivity index (χ0n) is 10.5. The van der Waals surface area contributed by atoms with Crippen molar-refractivity contribution in [2.24, 2.45) is 5.92 Å². The molecule has 0 amide bonds. The van der Waals surface area contributed by atoms with Crippen molar-refractivity contribution in [2.75, 3.05) is 6.54 Å². The summed E-state index contributed by atoms with van der Waals surface area (Å²) in [7, 11) is 0. The zero-order chi connectivity index (χ0) is 12.5. The number of pyridine rings is 1. The van der Waals surface area contributed by atoms with Gasteiger partial charge in [0.15, 0.2) is 0 Å². The van der Waals surface area contributed by atoms with Crippen molar-refractivity contribution in [3.63, 3.8) is 0 Å². The van der Waals surface area contributed by atoms with Crippen LogP contribution in [0.1, 0.15) is 43.0 Å². The fraction of sp³-hybridized carbons (Fsp3) is 0.643. The first-order valence-electron chi connectivity index (χ1n) is 6.87. The molecule has 98 valence electrons. The molecule has 2 atom stereocenters. The van der Waals surface area contributed by atoms with Gasteiger partial charge in [0.1, 0.15) is 0 Å². The van der Waals surface area contributed by atoms with Crippen LogP contribution in [0, 0.1) is 5.92 Å². The first-order chi connectivity index (χ1) is 8.74. The summed E-state index contributed by atoms with van der Waals surface area (Å²) in [5.74, 6) is 0.510. The molecule has 18 heavy (non-hydrogen) atoms. The molecule has 0 aliphatic heterocycles. The van der Waals surface area contributed by atoms with Gasteiger partial charge in [0.2, 0.25) is 5.56 Å². The first-order valence-corrected chi connectivity index (χ1v) is 6.87. The number of hydrogen-bond acceptors (Lipinski definition) is 3. The lowest BCUT2D eigenvalue weighted by Gasteiger charge is -2.27. The van der Waals surface area contributed by atoms with Gasteiger partial charge in [-0.1, -0.05) is 6.07 Å². The van der Waals surface area contributed by atoms with E-state index in [4.69, 9.17) is 0 Å². The van der Waals surface area contributed by atoms with E-state index < -0.39 is 0 Å². The summed E-state index contributed by atoms with van der Waals surface area (Å²) >= 11 is 0. The number of aromatic nitrogens is 1. The van der Waals surface area contributed by atoms with Crippen molar-refractivity contribution in [1.29, 1.82) is 0 Å². The predicted octanol–water partition coefficient (Wildman–Crippen LogP) is 1.11. The number of aliphatic hydroxyl groups excluding tert-OH is 1. The van der Waals surface area contributed by atoms with E-state index in [1.165, 1.54) is 5.56 Å². The van der Waals surface area contributed by atoms with Gasteiger partial charge in [-0.25, -0.2) is 0 Å². The van der Waals surface area contributed by atoms with Crippen LogP contribution in [0.2, 0.25) is 0 Å². The topological polar surface area (TPSA) is 65.1 Å². The maximum atomic E-state index is 11.3. The van der Waals surface area contributed by atoms with Gasteiger partial charge in [0.05, 0.1) is 6.10 Å². The highest BCUT2D eigenvalue weighted by Crippen LogP contribution is 2.33. The number of hydrogen-bond donors (Lipinski definition) is 3. The number of aryl methyl sites for hydroxylation is 1. The average Bonchev–Trinajstić information content (AvgIpc) is 3.19. The fourth-order valence-electron chi connectivity index (χ4n) is 2.82. The minimum absolute atomic E-state index is 0.0209. The third-order valence-corrected chi connectivity index (χ3v) is 4.07. The third-order valence-electron chi connectivity index (χ3n) is 4.07. The number of aliphatic hydroxyl groups is 1. The van der Waals surface area contributed by atoms with Crippen LogP contribution in [0.3, 0.4) is 0 Å². The van der Waals surface area contributed by atoms with Crippen molar-refractivity contribution >= 4 is 0 Å². The standard InChI is InChI=1S/C14H20N2O2/c17-13(9-4-5-9)8-15-11-2-1-3-12-10(11)6-7-14(18)16-12/h6-7,9,11,13,15,17H,1-5,8H2,(H,16,18). The molecule has 2 aliphatic carbocycles. The van der Waals surface area contributed by atoms with E-state index in [1.54, 1.807) is 6.07 Å². The SMILES string of the molecule is O=c1ccc2c([nH]1)CCCC2NCC(O)C1CC1. The Morgan fingerprint density at radius 1 is 1.39 bits per heavy atom. The highest BCUT2D eigenvalue weighted by atomic mass is 16.3. The van der Waals surface area contributed by atoms with E-state index in [9.17, 15) is 9.90 Å². The number of nitrogens with one attached hydrogen (secondary N) is 2. The third kappa shape index (κ3) is 2.49. The lowest BCUT2D eigenvalue weighted by molar-refractivity contribution is 0.143. The van der Waals surface area contributed by atoms with Crippen molar-refractivity contribution in [2.45, 2.75) is 44.2 Å². The molecular weight excluding hydrogens is 228 g/mol. The molecule has 4 heteroatoms. The van der Waals surface area contributed by atoms with E-state index in [2.05, 4.69) is 10.3 Å². The second-order valence-corrected chi connectivity index (χ2v) is 5.51. The quantitative estimate of drug-likeness (QED) is 0.748. The maximum Gasteiger partial charge on any atom is 0.248 e. The zero-order valence-corrected chi connectivity index (χ0v) is 10.5. The molecule has 0 aromatic carbocycles. The van der Waals surface area contributed by atoms with Gasteiger partial charge in [-0.3, -0.25) is 4.79 Å². The summed E-state index contributed by atoms with van der Waals surface area (Å²) in [4.78, 5) is 14.2. The van der Waals surface area contributed by atoms with E-state index >= 15 is 0 Å². The number of H-pyrrole nitrogens is 1. The van der Waals surface area contributed by atoms with Crippen molar-refractivity contribution in [1.82, 2.24) is 10.3 Å². The summed E-state index contributed by atoms with van der Waals surface area (Å²) in [5.41, 5.74) is 2.24. The van der Waals surface area contributed by atoms with Gasteiger partial charge in [0.25, 0.3) is 0 Å². The number of rotatable bonds is 4. The average molecular weight is 248 g/mol. The molecule has 1 saturated carbocycles. The summed E-state index contributed by atoms with van der Waals surface area (Å²) in [6.07, 6.45) is 5.24. The molecule has 0 bridgehead atoms. The molecule has 1 aromatic heterocycles. The first kappa shape index (κ1) is 11.9. The Morgan fingerprint density at radius 2 is 2.22 bits per heavy atom. The fourth-order valence-corrected chi connectivity index (χ4v) is 2.82. The molecule has 3 N–H and O–H groups in total. The van der Waals surface area contributed by atoms with Crippen LogP contribution in [0.15, 0.2) is 16.9 Å². The van der Waals surface area contributed by atoms with Gasteiger partial charge in [-0.2, -0.15) is 0 Å². The predicted molar refractivity (Wildman–Crippen MR) is 69.5 cm³/mol. The van der Waals surface area contributed by atoms with Gasteiger partial charge in [-0.05, 0) is 43.6 Å². The number of fused-ring (bicyclic) bond motifs is 1. The molecule has 3 rings (SSSR count). The van der Waals surface area contributed by atoms with E-state index in [1.807, 2.05) is 6.07 Å². The Bertz CT molecular complexity index is 479. The lowest BCUT2D eigenvalue weighted by Crippen LogP contribution is -2.34. The van der Waals surface area contributed by atoms with Gasteiger partial charge >= 0.3 is 0 Å². The minimum atomic E-state index is -0.210. The highest BCUT2D eigenvalue weighted by molar-refractivity contribution is 5.26. The second kappa shape index (κ2) is 4.86. The van der Waals surface area contributed by atoms with Crippen LogP contribution in [-0.4, -0.2) is 22.7 Å². The molecule has 0 saturated heterocycles. The Balaban J connectivity index is 1.68. The summed E-state index contributed by atoms with van der Waals surface area (Å²) in [6.45, 7) is 0.661. The molecule has 1 aromatic rings. The molecule has 0 spiro atoms. The number of aromatic amines is 1. The molecule has 1 fully saturated rings. The van der Waals surface area contributed by atoms with Crippen molar-refractivity contribution in [3.05, 3.63) is 33.7 Å². The molecule has 2 unspecified atom stereocenters. The van der Waals surface area contributed by atoms with Crippen LogP contribution in [0.4, 0.5) is 0 Å². The molecular formula is C14H20N2O2. The molecule has 2 aliphatic rings. The van der Waals surface area contributed by atoms with Crippen LogP contribution >= 0.6 is 0 Å². The molecule has 1 heterocycles. The second-order valence-electron chi connectivity index (χ2n) is 5.51. The lowest BCUT2D eigenvalue weighted by atomic mass is 9.91.